The van der Waals surface area contributed by atoms with Gasteiger partial charge in [0.2, 0.25) is 0 Å². The third kappa shape index (κ3) is 2.72. The van der Waals surface area contributed by atoms with Gasteiger partial charge in [-0.3, -0.25) is 0 Å². The number of hydrogen-bond donors (Lipinski definition) is 1. The van der Waals surface area contributed by atoms with Crippen molar-refractivity contribution in [2.24, 2.45) is 0 Å². The van der Waals surface area contributed by atoms with Gasteiger partial charge in [-0.1, -0.05) is 25.0 Å². The molecule has 0 saturated carbocycles. The number of halogens is 1. The van der Waals surface area contributed by atoms with E-state index in [9.17, 15) is 14.9 Å². The first-order chi connectivity index (χ1) is 11.7. The van der Waals surface area contributed by atoms with Gasteiger partial charge in [-0.2, -0.15) is 10.5 Å². The summed E-state index contributed by atoms with van der Waals surface area (Å²) in [5.74, 6) is -0.318. The van der Waals surface area contributed by atoms with Gasteiger partial charge in [-0.05, 0) is 54.5 Å². The number of rotatable bonds is 1. The van der Waals surface area contributed by atoms with Crippen LogP contribution in [0, 0.1) is 28.5 Å². The van der Waals surface area contributed by atoms with E-state index in [0.717, 1.165) is 60.8 Å². The van der Waals surface area contributed by atoms with Crippen LogP contribution in [0.3, 0.4) is 0 Å². The molecule has 24 heavy (non-hydrogen) atoms. The van der Waals surface area contributed by atoms with Crippen LogP contribution in [0.1, 0.15) is 47.9 Å². The van der Waals surface area contributed by atoms with Crippen LogP contribution in [0.15, 0.2) is 24.3 Å². The van der Waals surface area contributed by atoms with E-state index in [1.54, 1.807) is 12.1 Å². The summed E-state index contributed by atoms with van der Waals surface area (Å²) in [6.07, 6.45) is 5.90. The molecule has 2 aromatic rings. The molecule has 0 amide bonds. The van der Waals surface area contributed by atoms with Crippen molar-refractivity contribution < 1.29 is 4.39 Å². The molecule has 1 aliphatic rings. The lowest BCUT2D eigenvalue weighted by Gasteiger charge is -2.22. The average Bonchev–Trinajstić information content (AvgIpc) is 2.56. The summed E-state index contributed by atoms with van der Waals surface area (Å²) in [7, 11) is 0. The predicted molar refractivity (Wildman–Crippen MR) is 91.6 cm³/mol. The Hall–Kier alpha value is -2.85. The minimum absolute atomic E-state index is 0.249. The summed E-state index contributed by atoms with van der Waals surface area (Å²) in [6, 6.07) is 10.5. The van der Waals surface area contributed by atoms with Crippen molar-refractivity contribution >= 4 is 5.69 Å². The molecule has 0 spiro atoms. The molecule has 0 fully saturated rings. The summed E-state index contributed by atoms with van der Waals surface area (Å²) in [5, 5.41) is 19.2. The van der Waals surface area contributed by atoms with Crippen molar-refractivity contribution in [3.8, 4) is 23.3 Å². The number of hydrogen-bond acceptors (Lipinski definition) is 3. The van der Waals surface area contributed by atoms with Crippen LogP contribution in [0.5, 0.6) is 0 Å². The highest BCUT2D eigenvalue weighted by Crippen LogP contribution is 2.39. The zero-order chi connectivity index (χ0) is 17.1. The molecule has 0 atom stereocenters. The van der Waals surface area contributed by atoms with Gasteiger partial charge >= 0.3 is 0 Å². The Labute approximate surface area is 141 Å². The molecule has 4 heteroatoms. The van der Waals surface area contributed by atoms with Crippen LogP contribution < -0.4 is 5.73 Å². The Morgan fingerprint density at radius 1 is 0.833 bits per heavy atom. The van der Waals surface area contributed by atoms with E-state index in [4.69, 9.17) is 5.73 Å². The molecule has 0 unspecified atom stereocenters. The van der Waals surface area contributed by atoms with E-state index in [1.807, 2.05) is 0 Å². The first-order valence-electron chi connectivity index (χ1n) is 8.20. The molecule has 2 aromatic carbocycles. The zero-order valence-electron chi connectivity index (χ0n) is 13.4. The topological polar surface area (TPSA) is 73.6 Å². The van der Waals surface area contributed by atoms with Crippen LogP contribution in [0.2, 0.25) is 0 Å². The third-order valence-corrected chi connectivity index (χ3v) is 4.72. The first kappa shape index (κ1) is 16.0. The summed E-state index contributed by atoms with van der Waals surface area (Å²) in [6.45, 7) is 0. The van der Waals surface area contributed by atoms with Gasteiger partial charge in [-0.15, -0.1) is 0 Å². The largest absolute Gasteiger partial charge is 0.397 e. The molecule has 0 heterocycles. The quantitative estimate of drug-likeness (QED) is 0.788. The lowest BCUT2D eigenvalue weighted by Crippen LogP contribution is -2.10. The molecular formula is C20H18FN3. The lowest BCUT2D eigenvalue weighted by molar-refractivity contribution is 0.617. The molecule has 1 aliphatic carbocycles. The molecule has 120 valence electrons. The van der Waals surface area contributed by atoms with Crippen LogP contribution in [-0.2, 0) is 12.8 Å². The Morgan fingerprint density at radius 2 is 1.42 bits per heavy atom. The molecule has 0 aromatic heterocycles. The highest BCUT2D eigenvalue weighted by Gasteiger charge is 2.23. The molecule has 3 rings (SSSR count). The van der Waals surface area contributed by atoms with E-state index >= 15 is 0 Å². The van der Waals surface area contributed by atoms with E-state index < -0.39 is 0 Å². The lowest BCUT2D eigenvalue weighted by atomic mass is 9.81. The van der Waals surface area contributed by atoms with Gasteiger partial charge in [0, 0.05) is 5.56 Å². The van der Waals surface area contributed by atoms with Crippen molar-refractivity contribution in [3.05, 3.63) is 52.3 Å². The third-order valence-electron chi connectivity index (χ3n) is 4.72. The number of nitrogens with zero attached hydrogens (tertiary/aromatic N) is 2. The monoisotopic (exact) mass is 319 g/mol. The highest BCUT2D eigenvalue weighted by atomic mass is 19.1. The highest BCUT2D eigenvalue weighted by molar-refractivity contribution is 5.85. The summed E-state index contributed by atoms with van der Waals surface area (Å²) in [4.78, 5) is 0. The number of nitrogens with two attached hydrogens (primary N) is 1. The summed E-state index contributed by atoms with van der Waals surface area (Å²) >= 11 is 0. The van der Waals surface area contributed by atoms with Gasteiger partial charge in [-0.25, -0.2) is 4.39 Å². The second-order valence-electron chi connectivity index (χ2n) is 6.14. The van der Waals surface area contributed by atoms with Gasteiger partial charge in [0.05, 0.1) is 16.8 Å². The number of benzene rings is 2. The second kappa shape index (κ2) is 6.72. The minimum atomic E-state index is -0.318. The second-order valence-corrected chi connectivity index (χ2v) is 6.14. The van der Waals surface area contributed by atoms with Crippen molar-refractivity contribution in [3.63, 3.8) is 0 Å². The summed E-state index contributed by atoms with van der Waals surface area (Å²) < 4.78 is 13.3. The smallest absolute Gasteiger partial charge is 0.123 e. The number of anilines is 1. The Balaban J connectivity index is 2.36. The molecular weight excluding hydrogens is 301 g/mol. The Kier molecular flexibility index (Phi) is 4.49. The van der Waals surface area contributed by atoms with Crippen molar-refractivity contribution in [2.45, 2.75) is 38.5 Å². The molecule has 0 saturated heterocycles. The van der Waals surface area contributed by atoms with Gasteiger partial charge < -0.3 is 5.73 Å². The molecule has 0 aliphatic heterocycles. The van der Waals surface area contributed by atoms with E-state index in [2.05, 4.69) is 12.1 Å². The fraction of sp³-hybridized carbons (Fsp3) is 0.300. The van der Waals surface area contributed by atoms with Gasteiger partial charge in [0.15, 0.2) is 0 Å². The van der Waals surface area contributed by atoms with E-state index in [-0.39, 0.29) is 11.5 Å². The van der Waals surface area contributed by atoms with Crippen molar-refractivity contribution in [2.75, 3.05) is 5.73 Å². The Bertz CT molecular complexity index is 855. The summed E-state index contributed by atoms with van der Waals surface area (Å²) in [5.41, 5.74) is 10.7. The fourth-order valence-corrected chi connectivity index (χ4v) is 3.56. The molecule has 0 radical (unpaired) electrons. The van der Waals surface area contributed by atoms with Crippen molar-refractivity contribution in [1.29, 1.82) is 10.5 Å². The molecule has 3 nitrogen and oxygen atoms in total. The maximum absolute atomic E-state index is 13.3. The van der Waals surface area contributed by atoms with E-state index in [0.29, 0.717) is 11.1 Å². The van der Waals surface area contributed by atoms with Crippen molar-refractivity contribution in [1.82, 2.24) is 0 Å². The van der Waals surface area contributed by atoms with Gasteiger partial charge in [0.25, 0.3) is 0 Å². The Morgan fingerprint density at radius 3 is 2.00 bits per heavy atom. The van der Waals surface area contributed by atoms with Crippen LogP contribution >= 0.6 is 0 Å². The van der Waals surface area contributed by atoms with Crippen LogP contribution in [-0.4, -0.2) is 0 Å². The fourth-order valence-electron chi connectivity index (χ4n) is 3.56. The van der Waals surface area contributed by atoms with Crippen LogP contribution in [0.25, 0.3) is 11.1 Å². The molecule has 2 N–H and O–H groups in total. The maximum Gasteiger partial charge on any atom is 0.123 e. The molecule has 0 bridgehead atoms. The SMILES string of the molecule is N#Cc1c(N)c(C#N)c(-c2ccc(F)cc2)c2c1CCCCCC2. The normalized spacial score (nSPS) is 14.0. The standard InChI is InChI=1S/C20H18FN3/c21-14-9-7-13(8-10-14)19-16-6-4-2-1-3-5-15(16)17(11-22)20(24)18(19)12-23/h7-10H,1-6,24H2. The first-order valence-corrected chi connectivity index (χ1v) is 8.20. The van der Waals surface area contributed by atoms with Gasteiger partial charge in [0.1, 0.15) is 18.0 Å². The zero-order valence-corrected chi connectivity index (χ0v) is 13.4. The number of nitrogen functional groups attached to an aromatic ring is 1. The van der Waals surface area contributed by atoms with Crippen LogP contribution in [0.4, 0.5) is 10.1 Å². The minimum Gasteiger partial charge on any atom is -0.397 e. The van der Waals surface area contributed by atoms with E-state index in [1.165, 1.54) is 12.1 Å². The number of nitriles is 2. The maximum atomic E-state index is 13.3. The predicted octanol–water partition coefficient (Wildman–Crippen LogP) is 4.48. The number of fused-ring (bicyclic) bond motifs is 1. The average molecular weight is 319 g/mol.